The van der Waals surface area contributed by atoms with Crippen LogP contribution in [0.2, 0.25) is 0 Å². The van der Waals surface area contributed by atoms with Crippen molar-refractivity contribution >= 4 is 0 Å². The molecule has 2 heterocycles. The average Bonchev–Trinajstić information content (AvgIpc) is 2.79. The normalized spacial score (nSPS) is 29.6. The summed E-state index contributed by atoms with van der Waals surface area (Å²) in [6, 6.07) is 0.795. The van der Waals surface area contributed by atoms with E-state index in [-0.39, 0.29) is 12.6 Å². The maximum absolute atomic E-state index is 8.85. The van der Waals surface area contributed by atoms with E-state index in [1.54, 1.807) is 0 Å². The predicted molar refractivity (Wildman–Crippen MR) is 66.9 cm³/mol. The Bertz CT molecular complexity index is 222. The third-order valence-corrected chi connectivity index (χ3v) is 3.80. The number of aliphatic hydroxyl groups excluding tert-OH is 1. The van der Waals surface area contributed by atoms with Crippen molar-refractivity contribution in [2.75, 3.05) is 52.5 Å². The molecule has 2 fully saturated rings. The first-order chi connectivity index (χ1) is 8.29. The van der Waals surface area contributed by atoms with Gasteiger partial charge in [0.15, 0.2) is 0 Å². The average molecular weight is 243 g/mol. The molecule has 0 aromatic rings. The third-order valence-electron chi connectivity index (χ3n) is 3.80. The molecule has 3 N–H and O–H groups in total. The molecule has 2 atom stereocenters. The van der Waals surface area contributed by atoms with Crippen molar-refractivity contribution in [1.29, 1.82) is 0 Å². The predicted octanol–water partition coefficient (Wildman–Crippen LogP) is -0.897. The Morgan fingerprint density at radius 2 is 2.06 bits per heavy atom. The van der Waals surface area contributed by atoms with Crippen LogP contribution in [0.15, 0.2) is 0 Å². The summed E-state index contributed by atoms with van der Waals surface area (Å²) in [6.45, 7) is 7.27. The van der Waals surface area contributed by atoms with Crippen LogP contribution in [0, 0.1) is 0 Å². The molecule has 0 aromatic heterocycles. The van der Waals surface area contributed by atoms with Gasteiger partial charge < -0.3 is 20.5 Å². The summed E-state index contributed by atoms with van der Waals surface area (Å²) in [6.07, 6.45) is 1.95. The number of likely N-dealkylation sites (tertiary alicyclic amines) is 1. The number of morpholine rings is 1. The zero-order chi connectivity index (χ0) is 12.1. The number of aliphatic hydroxyl groups is 1. The molecular weight excluding hydrogens is 218 g/mol. The standard InChI is InChI=1S/C12H25N3O2/c13-11(2-6-16)9-14-3-1-12(10-14)15-4-7-17-8-5-15/h11-12,16H,1-10,13H2. The number of nitrogens with two attached hydrogens (primary N) is 1. The molecule has 2 saturated heterocycles. The maximum Gasteiger partial charge on any atom is 0.0594 e. The fourth-order valence-electron chi connectivity index (χ4n) is 2.81. The van der Waals surface area contributed by atoms with E-state index in [1.807, 2.05) is 0 Å². The summed E-state index contributed by atoms with van der Waals surface area (Å²) in [5, 5.41) is 8.85. The fraction of sp³-hybridized carbons (Fsp3) is 1.00. The highest BCUT2D eigenvalue weighted by atomic mass is 16.5. The van der Waals surface area contributed by atoms with Crippen LogP contribution in [-0.2, 0) is 4.74 Å². The van der Waals surface area contributed by atoms with Crippen molar-refractivity contribution in [2.45, 2.75) is 24.9 Å². The summed E-state index contributed by atoms with van der Waals surface area (Å²) in [4.78, 5) is 4.97. The van der Waals surface area contributed by atoms with Crippen LogP contribution in [0.5, 0.6) is 0 Å². The number of nitrogens with zero attached hydrogens (tertiary/aromatic N) is 2. The van der Waals surface area contributed by atoms with Crippen molar-refractivity contribution in [1.82, 2.24) is 9.80 Å². The molecule has 17 heavy (non-hydrogen) atoms. The Hall–Kier alpha value is -0.200. The second kappa shape index (κ2) is 6.66. The topological polar surface area (TPSA) is 62.0 Å². The first kappa shape index (κ1) is 13.2. The van der Waals surface area contributed by atoms with Gasteiger partial charge in [-0.3, -0.25) is 4.90 Å². The summed E-state index contributed by atoms with van der Waals surface area (Å²) in [5.74, 6) is 0. The number of ether oxygens (including phenoxy) is 1. The monoisotopic (exact) mass is 243 g/mol. The van der Waals surface area contributed by atoms with Crippen LogP contribution in [0.1, 0.15) is 12.8 Å². The van der Waals surface area contributed by atoms with E-state index < -0.39 is 0 Å². The molecule has 5 heteroatoms. The van der Waals surface area contributed by atoms with Gasteiger partial charge in [0.1, 0.15) is 0 Å². The zero-order valence-electron chi connectivity index (χ0n) is 10.6. The van der Waals surface area contributed by atoms with Gasteiger partial charge in [0, 0.05) is 44.9 Å². The lowest BCUT2D eigenvalue weighted by Crippen LogP contribution is -2.45. The lowest BCUT2D eigenvalue weighted by Gasteiger charge is -2.32. The molecule has 0 bridgehead atoms. The highest BCUT2D eigenvalue weighted by molar-refractivity contribution is 4.85. The summed E-state index contributed by atoms with van der Waals surface area (Å²) < 4.78 is 5.38. The molecule has 0 amide bonds. The van der Waals surface area contributed by atoms with E-state index in [0.717, 1.165) is 45.9 Å². The van der Waals surface area contributed by atoms with Gasteiger partial charge in [0.25, 0.3) is 0 Å². The molecule has 2 rings (SSSR count). The fourth-order valence-corrected chi connectivity index (χ4v) is 2.81. The van der Waals surface area contributed by atoms with Gasteiger partial charge >= 0.3 is 0 Å². The third kappa shape index (κ3) is 3.89. The quantitative estimate of drug-likeness (QED) is 0.655. The summed E-state index contributed by atoms with van der Waals surface area (Å²) in [7, 11) is 0. The first-order valence-electron chi connectivity index (χ1n) is 6.70. The molecule has 0 aromatic carbocycles. The smallest absolute Gasteiger partial charge is 0.0594 e. The Labute approximate surface area is 104 Å². The van der Waals surface area contributed by atoms with Crippen molar-refractivity contribution < 1.29 is 9.84 Å². The Morgan fingerprint density at radius 3 is 2.76 bits per heavy atom. The van der Waals surface area contributed by atoms with Crippen LogP contribution >= 0.6 is 0 Å². The zero-order valence-corrected chi connectivity index (χ0v) is 10.6. The second-order valence-electron chi connectivity index (χ2n) is 5.12. The summed E-state index contributed by atoms with van der Waals surface area (Å²) >= 11 is 0. The van der Waals surface area contributed by atoms with Gasteiger partial charge in [-0.05, 0) is 19.4 Å². The number of rotatable bonds is 5. The number of hydrogen-bond acceptors (Lipinski definition) is 5. The van der Waals surface area contributed by atoms with Crippen LogP contribution < -0.4 is 5.73 Å². The highest BCUT2D eigenvalue weighted by Crippen LogP contribution is 2.17. The Balaban J connectivity index is 1.71. The van der Waals surface area contributed by atoms with E-state index in [1.165, 1.54) is 6.42 Å². The molecule has 0 saturated carbocycles. The molecule has 2 aliphatic heterocycles. The summed E-state index contributed by atoms with van der Waals surface area (Å²) in [5.41, 5.74) is 5.95. The molecule has 0 aliphatic carbocycles. The minimum absolute atomic E-state index is 0.114. The highest BCUT2D eigenvalue weighted by Gasteiger charge is 2.29. The van der Waals surface area contributed by atoms with Crippen molar-refractivity contribution in [3.8, 4) is 0 Å². The van der Waals surface area contributed by atoms with E-state index in [9.17, 15) is 0 Å². The van der Waals surface area contributed by atoms with Gasteiger partial charge in [0.2, 0.25) is 0 Å². The minimum atomic E-state index is 0.114. The molecule has 2 aliphatic rings. The van der Waals surface area contributed by atoms with Crippen LogP contribution in [0.25, 0.3) is 0 Å². The van der Waals surface area contributed by atoms with Crippen LogP contribution in [-0.4, -0.2) is 79.5 Å². The Morgan fingerprint density at radius 1 is 1.29 bits per heavy atom. The van der Waals surface area contributed by atoms with Crippen LogP contribution in [0.3, 0.4) is 0 Å². The Kier molecular flexibility index (Phi) is 5.18. The first-order valence-corrected chi connectivity index (χ1v) is 6.70. The van der Waals surface area contributed by atoms with Gasteiger partial charge in [-0.2, -0.15) is 0 Å². The molecule has 2 unspecified atom stereocenters. The van der Waals surface area contributed by atoms with Gasteiger partial charge in [0.05, 0.1) is 13.2 Å². The van der Waals surface area contributed by atoms with Crippen molar-refractivity contribution in [3.05, 3.63) is 0 Å². The number of hydrogen-bond donors (Lipinski definition) is 2. The lowest BCUT2D eigenvalue weighted by atomic mass is 10.2. The van der Waals surface area contributed by atoms with Gasteiger partial charge in [-0.1, -0.05) is 0 Å². The van der Waals surface area contributed by atoms with E-state index in [4.69, 9.17) is 15.6 Å². The van der Waals surface area contributed by atoms with Crippen LogP contribution in [0.4, 0.5) is 0 Å². The molecule has 0 radical (unpaired) electrons. The SMILES string of the molecule is NC(CCO)CN1CCC(N2CCOCC2)C1. The molecule has 0 spiro atoms. The minimum Gasteiger partial charge on any atom is -0.396 e. The second-order valence-corrected chi connectivity index (χ2v) is 5.12. The molecule has 5 nitrogen and oxygen atoms in total. The van der Waals surface area contributed by atoms with E-state index >= 15 is 0 Å². The van der Waals surface area contributed by atoms with Gasteiger partial charge in [-0.15, -0.1) is 0 Å². The van der Waals surface area contributed by atoms with Crippen molar-refractivity contribution in [3.63, 3.8) is 0 Å². The van der Waals surface area contributed by atoms with E-state index in [2.05, 4.69) is 9.80 Å². The van der Waals surface area contributed by atoms with E-state index in [0.29, 0.717) is 12.5 Å². The lowest BCUT2D eigenvalue weighted by molar-refractivity contribution is 0.0184. The molecular formula is C12H25N3O2. The molecule has 100 valence electrons. The van der Waals surface area contributed by atoms with Crippen molar-refractivity contribution in [2.24, 2.45) is 5.73 Å². The largest absolute Gasteiger partial charge is 0.396 e. The van der Waals surface area contributed by atoms with Gasteiger partial charge in [-0.25, -0.2) is 0 Å². The maximum atomic E-state index is 8.85.